The number of hydrogen-bond acceptors (Lipinski definition) is 4. The molecule has 23 heavy (non-hydrogen) atoms. The van der Waals surface area contributed by atoms with Gasteiger partial charge in [0.05, 0.1) is 11.2 Å². The highest BCUT2D eigenvalue weighted by Gasteiger charge is 2.09. The zero-order valence-corrected chi connectivity index (χ0v) is 14.4. The first kappa shape index (κ1) is 16.0. The highest BCUT2D eigenvalue weighted by molar-refractivity contribution is 7.71. The van der Waals surface area contributed by atoms with Crippen molar-refractivity contribution in [2.75, 3.05) is 0 Å². The SMILES string of the molecule is CCc1n[nH]c(=S)n1/N=C/c1ccc(-c2ccc(Cl)cc2Cl)o1. The second-order valence-corrected chi connectivity index (χ2v) is 5.91. The summed E-state index contributed by atoms with van der Waals surface area (Å²) < 4.78 is 7.75. The molecule has 118 valence electrons. The van der Waals surface area contributed by atoms with Crippen molar-refractivity contribution < 1.29 is 4.42 Å². The van der Waals surface area contributed by atoms with Gasteiger partial charge < -0.3 is 4.42 Å². The van der Waals surface area contributed by atoms with Crippen LogP contribution in [0.1, 0.15) is 18.5 Å². The number of aromatic amines is 1. The molecular weight excluding hydrogens is 355 g/mol. The van der Waals surface area contributed by atoms with Crippen LogP contribution in [0, 0.1) is 4.77 Å². The Labute approximate surface area is 147 Å². The van der Waals surface area contributed by atoms with Gasteiger partial charge in [0.25, 0.3) is 0 Å². The molecule has 3 aromatic rings. The van der Waals surface area contributed by atoms with E-state index in [1.807, 2.05) is 19.1 Å². The van der Waals surface area contributed by atoms with Crippen LogP contribution in [-0.4, -0.2) is 21.1 Å². The zero-order valence-electron chi connectivity index (χ0n) is 12.1. The second kappa shape index (κ2) is 6.70. The van der Waals surface area contributed by atoms with Crippen LogP contribution in [0.3, 0.4) is 0 Å². The Kier molecular flexibility index (Phi) is 4.66. The van der Waals surface area contributed by atoms with Gasteiger partial charge in [-0.2, -0.15) is 14.9 Å². The number of rotatable bonds is 4. The average molecular weight is 367 g/mol. The summed E-state index contributed by atoms with van der Waals surface area (Å²) >= 11 is 17.2. The van der Waals surface area contributed by atoms with E-state index in [2.05, 4.69) is 15.3 Å². The summed E-state index contributed by atoms with van der Waals surface area (Å²) in [5.74, 6) is 1.97. The molecule has 0 saturated carbocycles. The molecule has 5 nitrogen and oxygen atoms in total. The molecule has 1 N–H and O–H groups in total. The predicted molar refractivity (Wildman–Crippen MR) is 93.9 cm³/mol. The maximum atomic E-state index is 6.18. The number of nitrogens with one attached hydrogen (secondary N) is 1. The smallest absolute Gasteiger partial charge is 0.216 e. The van der Waals surface area contributed by atoms with Crippen LogP contribution in [0.25, 0.3) is 11.3 Å². The summed E-state index contributed by atoms with van der Waals surface area (Å²) in [4.78, 5) is 0. The quantitative estimate of drug-likeness (QED) is 0.524. The third-order valence-electron chi connectivity index (χ3n) is 3.16. The van der Waals surface area contributed by atoms with Gasteiger partial charge >= 0.3 is 0 Å². The maximum Gasteiger partial charge on any atom is 0.216 e. The van der Waals surface area contributed by atoms with E-state index in [4.69, 9.17) is 39.8 Å². The monoisotopic (exact) mass is 366 g/mol. The van der Waals surface area contributed by atoms with Gasteiger partial charge in [-0.15, -0.1) is 0 Å². The molecule has 0 aliphatic heterocycles. The summed E-state index contributed by atoms with van der Waals surface area (Å²) in [6.07, 6.45) is 2.30. The largest absolute Gasteiger partial charge is 0.455 e. The summed E-state index contributed by atoms with van der Waals surface area (Å²) in [6, 6.07) is 8.88. The highest BCUT2D eigenvalue weighted by Crippen LogP contribution is 2.31. The third-order valence-corrected chi connectivity index (χ3v) is 3.97. The van der Waals surface area contributed by atoms with Crippen molar-refractivity contribution in [3.63, 3.8) is 0 Å². The van der Waals surface area contributed by atoms with E-state index in [1.54, 1.807) is 29.1 Å². The lowest BCUT2D eigenvalue weighted by atomic mass is 10.2. The standard InChI is InChI=1S/C15H12Cl2N4OS/c1-2-14-19-20-15(23)21(14)18-8-10-4-6-13(22-10)11-5-3-9(16)7-12(11)17/h3-8H,2H2,1H3,(H,20,23)/b18-8+. The van der Waals surface area contributed by atoms with Gasteiger partial charge in [-0.25, -0.2) is 0 Å². The lowest BCUT2D eigenvalue weighted by molar-refractivity contribution is 0.574. The fourth-order valence-corrected chi connectivity index (χ4v) is 2.74. The van der Waals surface area contributed by atoms with Gasteiger partial charge in [-0.05, 0) is 42.5 Å². The second-order valence-electron chi connectivity index (χ2n) is 4.68. The van der Waals surface area contributed by atoms with Crippen LogP contribution in [-0.2, 0) is 6.42 Å². The molecule has 0 saturated heterocycles. The van der Waals surface area contributed by atoms with E-state index < -0.39 is 0 Å². The van der Waals surface area contributed by atoms with E-state index in [9.17, 15) is 0 Å². The van der Waals surface area contributed by atoms with E-state index in [1.165, 1.54) is 0 Å². The Hall–Kier alpha value is -1.89. The molecule has 1 aromatic carbocycles. The van der Waals surface area contributed by atoms with E-state index in [-0.39, 0.29) is 0 Å². The Morgan fingerprint density at radius 2 is 2.17 bits per heavy atom. The zero-order chi connectivity index (χ0) is 16.4. The topological polar surface area (TPSA) is 59.1 Å². The first-order valence-corrected chi connectivity index (χ1v) is 8.01. The third kappa shape index (κ3) is 3.39. The maximum absolute atomic E-state index is 6.18. The van der Waals surface area contributed by atoms with Crippen molar-refractivity contribution in [2.45, 2.75) is 13.3 Å². The van der Waals surface area contributed by atoms with E-state index >= 15 is 0 Å². The molecule has 0 amide bonds. The minimum absolute atomic E-state index is 0.436. The Balaban J connectivity index is 1.89. The van der Waals surface area contributed by atoms with Crippen LogP contribution in [0.5, 0.6) is 0 Å². The first-order chi connectivity index (χ1) is 11.1. The first-order valence-electron chi connectivity index (χ1n) is 6.84. The molecule has 2 heterocycles. The number of nitrogens with zero attached hydrogens (tertiary/aromatic N) is 3. The number of benzene rings is 1. The lowest BCUT2D eigenvalue weighted by Crippen LogP contribution is -1.96. The fraction of sp³-hybridized carbons (Fsp3) is 0.133. The van der Waals surface area contributed by atoms with Crippen molar-refractivity contribution in [3.8, 4) is 11.3 Å². The van der Waals surface area contributed by atoms with Crippen molar-refractivity contribution in [2.24, 2.45) is 5.10 Å². The van der Waals surface area contributed by atoms with Crippen molar-refractivity contribution in [1.29, 1.82) is 0 Å². The molecule has 0 spiro atoms. The summed E-state index contributed by atoms with van der Waals surface area (Å²) in [5, 5.41) is 12.2. The van der Waals surface area contributed by atoms with Crippen LogP contribution in [0.2, 0.25) is 10.0 Å². The number of aryl methyl sites for hydroxylation is 1. The number of H-pyrrole nitrogens is 1. The van der Waals surface area contributed by atoms with E-state index in [0.717, 1.165) is 11.4 Å². The molecule has 2 aromatic heterocycles. The summed E-state index contributed by atoms with van der Waals surface area (Å²) in [5.41, 5.74) is 0.768. The predicted octanol–water partition coefficient (Wildman–Crippen LogP) is 4.95. The van der Waals surface area contributed by atoms with Crippen molar-refractivity contribution in [3.05, 3.63) is 56.7 Å². The number of hydrogen-bond donors (Lipinski definition) is 1. The van der Waals surface area contributed by atoms with Gasteiger partial charge in [0.1, 0.15) is 11.5 Å². The van der Waals surface area contributed by atoms with E-state index in [0.29, 0.717) is 32.8 Å². The van der Waals surface area contributed by atoms with Gasteiger partial charge in [-0.1, -0.05) is 30.1 Å². The molecule has 0 atom stereocenters. The molecule has 0 aliphatic rings. The van der Waals surface area contributed by atoms with Crippen LogP contribution >= 0.6 is 35.4 Å². The fourth-order valence-electron chi connectivity index (χ4n) is 2.04. The van der Waals surface area contributed by atoms with Gasteiger partial charge in [0.15, 0.2) is 5.82 Å². The van der Waals surface area contributed by atoms with Gasteiger partial charge in [0, 0.05) is 17.0 Å². The number of halogens is 2. The molecule has 0 aliphatic carbocycles. The van der Waals surface area contributed by atoms with Crippen LogP contribution in [0.15, 0.2) is 39.9 Å². The van der Waals surface area contributed by atoms with Gasteiger partial charge in [0.2, 0.25) is 4.77 Å². The Morgan fingerprint density at radius 1 is 1.35 bits per heavy atom. The number of aromatic nitrogens is 3. The molecule has 0 radical (unpaired) electrons. The number of furan rings is 1. The minimum Gasteiger partial charge on any atom is -0.455 e. The van der Waals surface area contributed by atoms with Crippen molar-refractivity contribution >= 4 is 41.6 Å². The summed E-state index contributed by atoms with van der Waals surface area (Å²) in [7, 11) is 0. The highest BCUT2D eigenvalue weighted by atomic mass is 35.5. The molecular formula is C15H12Cl2N4OS. The molecule has 0 unspecified atom stereocenters. The molecule has 0 bridgehead atoms. The molecule has 0 fully saturated rings. The van der Waals surface area contributed by atoms with Crippen molar-refractivity contribution in [1.82, 2.24) is 14.9 Å². The molecule has 8 heteroatoms. The normalized spacial score (nSPS) is 11.4. The summed E-state index contributed by atoms with van der Waals surface area (Å²) in [6.45, 7) is 1.98. The lowest BCUT2D eigenvalue weighted by Gasteiger charge is -2.00. The average Bonchev–Trinajstić information content (AvgIpc) is 3.12. The van der Waals surface area contributed by atoms with Crippen LogP contribution < -0.4 is 0 Å². The molecule has 3 rings (SSSR count). The Morgan fingerprint density at radius 3 is 2.91 bits per heavy atom. The van der Waals surface area contributed by atoms with Gasteiger partial charge in [-0.3, -0.25) is 5.10 Å². The van der Waals surface area contributed by atoms with Crippen LogP contribution in [0.4, 0.5) is 0 Å². The minimum atomic E-state index is 0.436. The Bertz CT molecular complexity index is 926.